The predicted octanol–water partition coefficient (Wildman–Crippen LogP) is 4.35. The fraction of sp³-hybridized carbons (Fsp3) is 0.286. The number of thiophene rings is 1. The van der Waals surface area contributed by atoms with Gasteiger partial charge in [0.1, 0.15) is 10.0 Å². The van der Waals surface area contributed by atoms with Crippen LogP contribution >= 0.6 is 22.9 Å². The number of benzene rings is 1. The highest BCUT2D eigenvalue weighted by molar-refractivity contribution is 7.92. The number of halogens is 4. The van der Waals surface area contributed by atoms with Crippen LogP contribution in [0.3, 0.4) is 0 Å². The normalized spacial score (nSPS) is 16.8. The minimum Gasteiger partial charge on any atom is -0.223 e. The number of hydrogen-bond acceptors (Lipinski definition) is 3. The van der Waals surface area contributed by atoms with Crippen LogP contribution in [0.25, 0.3) is 10.4 Å². The van der Waals surface area contributed by atoms with Crippen LogP contribution in [0.4, 0.5) is 13.2 Å². The molecule has 0 bridgehead atoms. The van der Waals surface area contributed by atoms with E-state index in [9.17, 15) is 21.6 Å². The van der Waals surface area contributed by atoms with Gasteiger partial charge in [0.05, 0.1) is 0 Å². The van der Waals surface area contributed by atoms with Crippen molar-refractivity contribution in [3.63, 3.8) is 0 Å². The van der Waals surface area contributed by atoms with E-state index in [1.165, 1.54) is 12.1 Å². The molecule has 3 rings (SSSR count). The van der Waals surface area contributed by atoms with Gasteiger partial charge in [0.25, 0.3) is 5.92 Å². The number of fused-ring (bicyclic) bond motifs is 1. The van der Waals surface area contributed by atoms with Crippen molar-refractivity contribution in [1.29, 1.82) is 0 Å². The highest BCUT2D eigenvalue weighted by Crippen LogP contribution is 2.48. The third-order valence-corrected chi connectivity index (χ3v) is 6.83. The van der Waals surface area contributed by atoms with Crippen LogP contribution in [-0.4, -0.2) is 20.6 Å². The summed E-state index contributed by atoms with van der Waals surface area (Å²) in [6, 6.07) is 3.71. The van der Waals surface area contributed by atoms with E-state index in [0.29, 0.717) is 10.4 Å². The Labute approximate surface area is 134 Å². The predicted molar refractivity (Wildman–Crippen MR) is 80.2 cm³/mol. The summed E-state index contributed by atoms with van der Waals surface area (Å²) in [5, 5.41) is 0.128. The molecule has 1 aliphatic carbocycles. The third-order valence-electron chi connectivity index (χ3n) is 3.41. The molecule has 118 valence electrons. The monoisotopic (exact) mass is 366 g/mol. The van der Waals surface area contributed by atoms with Gasteiger partial charge in [0.2, 0.25) is 0 Å². The first kappa shape index (κ1) is 15.8. The summed E-state index contributed by atoms with van der Waals surface area (Å²) < 4.78 is 64.5. The van der Waals surface area contributed by atoms with E-state index in [2.05, 4.69) is 0 Å². The van der Waals surface area contributed by atoms with Gasteiger partial charge in [0.15, 0.2) is 9.84 Å². The first-order valence-electron chi connectivity index (χ1n) is 6.26. The topological polar surface area (TPSA) is 34.1 Å². The molecule has 1 aromatic heterocycles. The quantitative estimate of drug-likeness (QED) is 0.792. The van der Waals surface area contributed by atoms with Crippen LogP contribution in [0.1, 0.15) is 11.1 Å². The van der Waals surface area contributed by atoms with E-state index in [0.717, 1.165) is 23.7 Å². The number of sulfone groups is 1. The highest BCUT2D eigenvalue weighted by Gasteiger charge is 2.43. The Morgan fingerprint density at radius 3 is 2.41 bits per heavy atom. The molecule has 2 aromatic rings. The molecule has 0 atom stereocenters. The SMILES string of the molecule is CS(=O)(=O)c1sc(-c2cc(F)cc(Cl)c2)c2c1CC(F)(F)C2. The average molecular weight is 367 g/mol. The number of hydrogen-bond donors (Lipinski definition) is 0. The maximum absolute atomic E-state index is 13.7. The summed E-state index contributed by atoms with van der Waals surface area (Å²) in [6.07, 6.45) is -0.167. The lowest BCUT2D eigenvalue weighted by Gasteiger charge is -2.08. The maximum Gasteiger partial charge on any atom is 0.256 e. The largest absolute Gasteiger partial charge is 0.256 e. The molecule has 0 N–H and O–H groups in total. The second kappa shape index (κ2) is 4.97. The van der Waals surface area contributed by atoms with Gasteiger partial charge in [-0.3, -0.25) is 0 Å². The lowest BCUT2D eigenvalue weighted by molar-refractivity contribution is 0.0128. The smallest absolute Gasteiger partial charge is 0.223 e. The van der Waals surface area contributed by atoms with Gasteiger partial charge < -0.3 is 0 Å². The fourth-order valence-corrected chi connectivity index (χ4v) is 5.42. The van der Waals surface area contributed by atoms with Crippen molar-refractivity contribution in [2.45, 2.75) is 23.0 Å². The number of alkyl halides is 2. The van der Waals surface area contributed by atoms with E-state index >= 15 is 0 Å². The minimum absolute atomic E-state index is 0.0740. The van der Waals surface area contributed by atoms with Gasteiger partial charge in [-0.2, -0.15) is 0 Å². The average Bonchev–Trinajstić information content (AvgIpc) is 2.79. The van der Waals surface area contributed by atoms with Gasteiger partial charge in [-0.25, -0.2) is 21.6 Å². The van der Waals surface area contributed by atoms with Crippen LogP contribution < -0.4 is 0 Å². The van der Waals surface area contributed by atoms with Crippen molar-refractivity contribution in [3.05, 3.63) is 40.2 Å². The van der Waals surface area contributed by atoms with E-state index in [1.807, 2.05) is 0 Å². The molecule has 2 nitrogen and oxygen atoms in total. The standard InChI is InChI=1S/C14H10ClF3O2S2/c1-22(19,20)13-11-6-14(17,18)5-10(11)12(21-13)7-2-8(15)4-9(16)3-7/h2-4H,5-6H2,1H3. The van der Waals surface area contributed by atoms with Crippen molar-refractivity contribution in [3.8, 4) is 10.4 Å². The molecule has 1 heterocycles. The van der Waals surface area contributed by atoms with Crippen molar-refractivity contribution in [2.75, 3.05) is 6.26 Å². The first-order chi connectivity index (χ1) is 10.1. The van der Waals surface area contributed by atoms with Crippen LogP contribution in [0.2, 0.25) is 5.02 Å². The summed E-state index contributed by atoms with van der Waals surface area (Å²) >= 11 is 6.70. The van der Waals surface area contributed by atoms with Crippen LogP contribution in [-0.2, 0) is 22.7 Å². The fourth-order valence-electron chi connectivity index (χ4n) is 2.64. The van der Waals surface area contributed by atoms with Gasteiger partial charge in [-0.15, -0.1) is 11.3 Å². The Morgan fingerprint density at radius 1 is 1.18 bits per heavy atom. The zero-order valence-corrected chi connectivity index (χ0v) is 13.7. The van der Waals surface area contributed by atoms with Crippen LogP contribution in [0, 0.1) is 5.82 Å². The van der Waals surface area contributed by atoms with Crippen molar-refractivity contribution >= 4 is 32.8 Å². The third kappa shape index (κ3) is 2.77. The molecule has 0 unspecified atom stereocenters. The summed E-state index contributed by atoms with van der Waals surface area (Å²) in [5.41, 5.74) is 0.740. The zero-order chi connectivity index (χ0) is 16.3. The molecule has 0 spiro atoms. The molecule has 1 aromatic carbocycles. The molecule has 0 saturated carbocycles. The molecule has 22 heavy (non-hydrogen) atoms. The molecule has 0 saturated heterocycles. The first-order valence-corrected chi connectivity index (χ1v) is 9.34. The van der Waals surface area contributed by atoms with E-state index < -0.39 is 34.4 Å². The minimum atomic E-state index is -3.63. The zero-order valence-electron chi connectivity index (χ0n) is 11.3. The second-order valence-electron chi connectivity index (χ2n) is 5.32. The van der Waals surface area contributed by atoms with E-state index in [4.69, 9.17) is 11.6 Å². The Balaban J connectivity index is 2.26. The van der Waals surface area contributed by atoms with Crippen LogP contribution in [0.5, 0.6) is 0 Å². The molecule has 0 amide bonds. The van der Waals surface area contributed by atoms with Crippen molar-refractivity contribution in [1.82, 2.24) is 0 Å². The van der Waals surface area contributed by atoms with E-state index in [-0.39, 0.29) is 20.4 Å². The van der Waals surface area contributed by atoms with Crippen molar-refractivity contribution in [2.24, 2.45) is 0 Å². The Kier molecular flexibility index (Phi) is 3.58. The summed E-state index contributed by atoms with van der Waals surface area (Å²) in [7, 11) is -3.63. The molecule has 0 aliphatic heterocycles. The lowest BCUT2D eigenvalue weighted by atomic mass is 10.1. The molecule has 0 fully saturated rings. The summed E-state index contributed by atoms with van der Waals surface area (Å²) in [6.45, 7) is 0. The van der Waals surface area contributed by atoms with Gasteiger partial charge in [-0.1, -0.05) is 11.6 Å². The summed E-state index contributed by atoms with van der Waals surface area (Å²) in [5.74, 6) is -3.58. The van der Waals surface area contributed by atoms with Gasteiger partial charge in [0, 0.05) is 29.0 Å². The maximum atomic E-state index is 13.7. The highest BCUT2D eigenvalue weighted by atomic mass is 35.5. The molecule has 1 aliphatic rings. The van der Waals surface area contributed by atoms with Crippen LogP contribution in [0.15, 0.2) is 22.4 Å². The van der Waals surface area contributed by atoms with Gasteiger partial charge in [-0.05, 0) is 34.9 Å². The lowest BCUT2D eigenvalue weighted by Crippen LogP contribution is -2.15. The molecular weight excluding hydrogens is 357 g/mol. The Bertz CT molecular complexity index is 852. The Morgan fingerprint density at radius 2 is 1.82 bits per heavy atom. The molecule has 8 heteroatoms. The number of rotatable bonds is 2. The van der Waals surface area contributed by atoms with E-state index in [1.54, 1.807) is 0 Å². The molecular formula is C14H10ClF3O2S2. The summed E-state index contributed by atoms with van der Waals surface area (Å²) in [4.78, 5) is 0.342. The van der Waals surface area contributed by atoms with Crippen molar-refractivity contribution < 1.29 is 21.6 Å². The Hall–Kier alpha value is -1.05. The van der Waals surface area contributed by atoms with Gasteiger partial charge >= 0.3 is 0 Å². The molecule has 0 radical (unpaired) electrons. The second-order valence-corrected chi connectivity index (χ2v) is 8.98.